The maximum atomic E-state index is 13.1. The molecule has 0 spiro atoms. The van der Waals surface area contributed by atoms with Gasteiger partial charge in [0.15, 0.2) is 11.6 Å². The number of aromatic amines is 1. The number of aromatic nitrogens is 2. The van der Waals surface area contributed by atoms with E-state index in [4.69, 9.17) is 5.11 Å². The summed E-state index contributed by atoms with van der Waals surface area (Å²) in [6, 6.07) is 2.56. The molecule has 0 amide bonds. The number of benzene rings is 1. The first kappa shape index (κ1) is 12.7. The van der Waals surface area contributed by atoms with Gasteiger partial charge in [0.2, 0.25) is 0 Å². The van der Waals surface area contributed by atoms with Crippen LogP contribution >= 0.6 is 0 Å². The van der Waals surface area contributed by atoms with Crippen LogP contribution in [-0.2, 0) is 0 Å². The third-order valence-electron chi connectivity index (χ3n) is 2.35. The molecule has 0 unspecified atom stereocenters. The van der Waals surface area contributed by atoms with E-state index >= 15 is 0 Å². The molecule has 0 aliphatic heterocycles. The van der Waals surface area contributed by atoms with E-state index in [1.54, 1.807) is 4.98 Å². The summed E-state index contributed by atoms with van der Waals surface area (Å²) in [5, 5.41) is 8.76. The topological polar surface area (TPSA) is 92.2 Å². The fourth-order valence-corrected chi connectivity index (χ4v) is 1.45. The van der Waals surface area contributed by atoms with E-state index in [0.717, 1.165) is 18.3 Å². The molecule has 0 aliphatic carbocycles. The lowest BCUT2D eigenvalue weighted by Gasteiger charge is -2.06. The van der Waals surface area contributed by atoms with Gasteiger partial charge in [-0.3, -0.25) is 14.3 Å². The summed E-state index contributed by atoms with van der Waals surface area (Å²) in [4.78, 5) is 35.3. The van der Waals surface area contributed by atoms with Gasteiger partial charge in [-0.05, 0) is 12.1 Å². The molecule has 0 fully saturated rings. The highest BCUT2D eigenvalue weighted by Gasteiger charge is 2.13. The molecule has 1 aromatic carbocycles. The number of carboxylic acid groups (broad SMARTS) is 1. The van der Waals surface area contributed by atoms with E-state index < -0.39 is 34.4 Å². The Morgan fingerprint density at radius 2 is 1.89 bits per heavy atom. The van der Waals surface area contributed by atoms with Crippen molar-refractivity contribution in [3.05, 3.63) is 62.4 Å². The SMILES string of the molecule is O=C(O)c1cn(-c2ccc(F)c(F)c2)c(=O)[nH]c1=O. The predicted octanol–water partition coefficient (Wildman–Crippen LogP) is 0.502. The molecule has 98 valence electrons. The smallest absolute Gasteiger partial charge is 0.342 e. The number of carboxylic acids is 1. The Balaban J connectivity index is 2.71. The van der Waals surface area contributed by atoms with Gasteiger partial charge < -0.3 is 5.11 Å². The second-order valence-corrected chi connectivity index (χ2v) is 3.58. The summed E-state index contributed by atoms with van der Waals surface area (Å²) in [5.74, 6) is -3.86. The quantitative estimate of drug-likeness (QED) is 0.829. The number of halogens is 2. The zero-order valence-electron chi connectivity index (χ0n) is 9.18. The molecule has 0 atom stereocenters. The first-order valence-electron chi connectivity index (χ1n) is 4.95. The maximum absolute atomic E-state index is 13.1. The Labute approximate surface area is 103 Å². The van der Waals surface area contributed by atoms with Crippen molar-refractivity contribution in [1.29, 1.82) is 0 Å². The van der Waals surface area contributed by atoms with Gasteiger partial charge in [-0.25, -0.2) is 18.4 Å². The number of nitrogens with zero attached hydrogens (tertiary/aromatic N) is 1. The number of nitrogens with one attached hydrogen (secondary N) is 1. The number of hydrogen-bond acceptors (Lipinski definition) is 3. The second-order valence-electron chi connectivity index (χ2n) is 3.58. The zero-order chi connectivity index (χ0) is 14.2. The first-order chi connectivity index (χ1) is 8.90. The van der Waals surface area contributed by atoms with Crippen LogP contribution in [0.2, 0.25) is 0 Å². The van der Waals surface area contributed by atoms with Crippen molar-refractivity contribution < 1.29 is 18.7 Å². The first-order valence-corrected chi connectivity index (χ1v) is 4.95. The van der Waals surface area contributed by atoms with Crippen LogP contribution in [0.5, 0.6) is 0 Å². The van der Waals surface area contributed by atoms with Gasteiger partial charge in [0.25, 0.3) is 5.56 Å². The number of H-pyrrole nitrogens is 1. The van der Waals surface area contributed by atoms with Gasteiger partial charge in [0, 0.05) is 12.3 Å². The molecule has 2 rings (SSSR count). The number of rotatable bonds is 2. The minimum atomic E-state index is -1.54. The fourth-order valence-electron chi connectivity index (χ4n) is 1.45. The van der Waals surface area contributed by atoms with E-state index in [2.05, 4.69) is 0 Å². The minimum absolute atomic E-state index is 0.109. The van der Waals surface area contributed by atoms with Gasteiger partial charge in [-0.1, -0.05) is 0 Å². The van der Waals surface area contributed by atoms with Crippen molar-refractivity contribution in [2.24, 2.45) is 0 Å². The highest BCUT2D eigenvalue weighted by molar-refractivity contribution is 5.86. The van der Waals surface area contributed by atoms with E-state index in [-0.39, 0.29) is 5.69 Å². The number of hydrogen-bond donors (Lipinski definition) is 2. The van der Waals surface area contributed by atoms with Gasteiger partial charge in [-0.15, -0.1) is 0 Å². The number of carbonyl (C=O) groups is 1. The molecule has 2 aromatic rings. The van der Waals surface area contributed by atoms with Crippen LogP contribution in [0.4, 0.5) is 8.78 Å². The highest BCUT2D eigenvalue weighted by atomic mass is 19.2. The molecule has 0 bridgehead atoms. The third kappa shape index (κ3) is 2.28. The molecule has 0 aliphatic rings. The molecule has 19 heavy (non-hydrogen) atoms. The van der Waals surface area contributed by atoms with Gasteiger partial charge in [-0.2, -0.15) is 0 Å². The van der Waals surface area contributed by atoms with Crippen molar-refractivity contribution in [3.8, 4) is 5.69 Å². The Morgan fingerprint density at radius 1 is 1.21 bits per heavy atom. The zero-order valence-corrected chi connectivity index (χ0v) is 9.18. The molecule has 1 heterocycles. The largest absolute Gasteiger partial charge is 0.477 e. The fraction of sp³-hybridized carbons (Fsp3) is 0. The highest BCUT2D eigenvalue weighted by Crippen LogP contribution is 2.11. The van der Waals surface area contributed by atoms with Crippen molar-refractivity contribution in [3.63, 3.8) is 0 Å². The van der Waals surface area contributed by atoms with Crippen LogP contribution in [0.15, 0.2) is 34.0 Å². The van der Waals surface area contributed by atoms with Crippen molar-refractivity contribution in [1.82, 2.24) is 9.55 Å². The second kappa shape index (κ2) is 4.48. The molecule has 0 saturated heterocycles. The molecule has 6 nitrogen and oxygen atoms in total. The van der Waals surface area contributed by atoms with Crippen molar-refractivity contribution >= 4 is 5.97 Å². The van der Waals surface area contributed by atoms with Crippen LogP contribution in [0.1, 0.15) is 10.4 Å². The predicted molar refractivity (Wildman–Crippen MR) is 59.5 cm³/mol. The maximum Gasteiger partial charge on any atom is 0.342 e. The Bertz CT molecular complexity index is 779. The van der Waals surface area contributed by atoms with Gasteiger partial charge in [0.05, 0.1) is 5.69 Å². The molecule has 0 radical (unpaired) electrons. The summed E-state index contributed by atoms with van der Waals surface area (Å²) >= 11 is 0. The molecule has 0 saturated carbocycles. The van der Waals surface area contributed by atoms with Crippen LogP contribution in [0.3, 0.4) is 0 Å². The lowest BCUT2D eigenvalue weighted by atomic mass is 10.3. The Kier molecular flexibility index (Phi) is 2.99. The lowest BCUT2D eigenvalue weighted by molar-refractivity contribution is 0.0694. The third-order valence-corrected chi connectivity index (χ3v) is 2.35. The monoisotopic (exact) mass is 268 g/mol. The summed E-state index contributed by atoms with van der Waals surface area (Å²) in [5.41, 5.74) is -2.83. The minimum Gasteiger partial charge on any atom is -0.477 e. The average molecular weight is 268 g/mol. The molecule has 2 N–H and O–H groups in total. The molecule has 8 heteroatoms. The lowest BCUT2D eigenvalue weighted by Crippen LogP contribution is -2.32. The summed E-state index contributed by atoms with van der Waals surface area (Å²) in [6.45, 7) is 0. The van der Waals surface area contributed by atoms with E-state index in [1.807, 2.05) is 0 Å². The van der Waals surface area contributed by atoms with E-state index in [0.29, 0.717) is 10.6 Å². The van der Waals surface area contributed by atoms with Crippen molar-refractivity contribution in [2.45, 2.75) is 0 Å². The summed E-state index contributed by atoms with van der Waals surface area (Å²) < 4.78 is 26.5. The number of aromatic carboxylic acids is 1. The van der Waals surface area contributed by atoms with Crippen LogP contribution in [-0.4, -0.2) is 20.6 Å². The van der Waals surface area contributed by atoms with Crippen LogP contribution in [0.25, 0.3) is 5.69 Å². The average Bonchev–Trinajstić information content (AvgIpc) is 2.32. The van der Waals surface area contributed by atoms with Gasteiger partial charge >= 0.3 is 11.7 Å². The standard InChI is InChI=1S/C11H6F2N2O4/c12-7-2-1-5(3-8(7)13)15-4-6(10(17)18)9(16)14-11(15)19/h1-4H,(H,17,18)(H,14,16,19). The molecular formula is C11H6F2N2O4. The molecule has 1 aromatic heterocycles. The Hall–Kier alpha value is -2.77. The molecular weight excluding hydrogens is 262 g/mol. The van der Waals surface area contributed by atoms with Crippen LogP contribution in [0, 0.1) is 11.6 Å². The summed E-state index contributed by atoms with van der Waals surface area (Å²) in [7, 11) is 0. The Morgan fingerprint density at radius 3 is 2.47 bits per heavy atom. The summed E-state index contributed by atoms with van der Waals surface area (Å²) in [6.07, 6.45) is 0.746. The van der Waals surface area contributed by atoms with E-state index in [9.17, 15) is 23.2 Å². The van der Waals surface area contributed by atoms with Crippen molar-refractivity contribution in [2.75, 3.05) is 0 Å². The van der Waals surface area contributed by atoms with Crippen LogP contribution < -0.4 is 11.2 Å². The van der Waals surface area contributed by atoms with Gasteiger partial charge in [0.1, 0.15) is 5.56 Å². The normalized spacial score (nSPS) is 10.4. The van der Waals surface area contributed by atoms with E-state index in [1.165, 1.54) is 0 Å².